The molecule has 0 N–H and O–H groups in total. The third-order valence-electron chi connectivity index (χ3n) is 3.86. The number of fused-ring (bicyclic) bond motifs is 1. The van der Waals surface area contributed by atoms with Gasteiger partial charge >= 0.3 is 0 Å². The lowest BCUT2D eigenvalue weighted by Gasteiger charge is -2.25. The van der Waals surface area contributed by atoms with Gasteiger partial charge in [0, 0.05) is 18.7 Å². The topological polar surface area (TPSA) is 37.4 Å². The van der Waals surface area contributed by atoms with Crippen LogP contribution in [0.1, 0.15) is 21.5 Å². The Hall–Kier alpha value is -2.49. The van der Waals surface area contributed by atoms with E-state index in [1.807, 2.05) is 18.2 Å². The molecule has 0 unspecified atom stereocenters. The summed E-state index contributed by atoms with van der Waals surface area (Å²) in [4.78, 5) is 23.4. The van der Waals surface area contributed by atoms with Crippen molar-refractivity contribution in [1.82, 2.24) is 4.90 Å². The Morgan fingerprint density at radius 2 is 1.95 bits per heavy atom. The number of carbonyl (C=O) groups excluding carboxylic acids is 2. The van der Waals surface area contributed by atoms with Gasteiger partial charge in [-0.1, -0.05) is 30.3 Å². The fourth-order valence-electron chi connectivity index (χ4n) is 2.70. The Morgan fingerprint density at radius 3 is 2.71 bits per heavy atom. The molecule has 0 spiro atoms. The molecule has 0 bridgehead atoms. The van der Waals surface area contributed by atoms with E-state index >= 15 is 0 Å². The average Bonchev–Trinajstić information content (AvgIpc) is 2.54. The molecule has 3 nitrogen and oxygen atoms in total. The number of rotatable bonds is 3. The summed E-state index contributed by atoms with van der Waals surface area (Å²) in [6.07, 6.45) is 2.14. The second-order valence-electron chi connectivity index (χ2n) is 5.14. The molecule has 21 heavy (non-hydrogen) atoms. The van der Waals surface area contributed by atoms with E-state index < -0.39 is 5.82 Å². The molecule has 2 aromatic carbocycles. The summed E-state index contributed by atoms with van der Waals surface area (Å²) in [6.45, 7) is 1.27. The lowest BCUT2D eigenvalue weighted by molar-refractivity contribution is -0.118. The minimum atomic E-state index is -0.488. The first-order valence-electron chi connectivity index (χ1n) is 6.78. The number of hydrogen-bond donors (Lipinski definition) is 0. The van der Waals surface area contributed by atoms with Gasteiger partial charge in [-0.3, -0.25) is 9.59 Å². The summed E-state index contributed by atoms with van der Waals surface area (Å²) in [6, 6.07) is 10.5. The number of hydrogen-bond acceptors (Lipinski definition) is 2. The van der Waals surface area contributed by atoms with Crippen molar-refractivity contribution in [2.24, 2.45) is 0 Å². The summed E-state index contributed by atoms with van der Waals surface area (Å²) >= 11 is 0. The molecule has 1 heterocycles. The molecule has 0 radical (unpaired) electrons. The van der Waals surface area contributed by atoms with Crippen LogP contribution in [0.15, 0.2) is 36.4 Å². The lowest BCUT2D eigenvalue weighted by atomic mass is 9.94. The number of carbonyl (C=O) groups is 2. The Bertz CT molecular complexity index is 712. The summed E-state index contributed by atoms with van der Waals surface area (Å²) in [5.41, 5.74) is 3.47. The zero-order chi connectivity index (χ0) is 14.8. The second-order valence-corrected chi connectivity index (χ2v) is 5.14. The van der Waals surface area contributed by atoms with Gasteiger partial charge < -0.3 is 4.90 Å². The molecule has 0 saturated carbocycles. The van der Waals surface area contributed by atoms with Gasteiger partial charge in [0.15, 0.2) is 6.29 Å². The molecule has 1 amide bonds. The van der Waals surface area contributed by atoms with Crippen molar-refractivity contribution in [1.29, 1.82) is 0 Å². The first kappa shape index (κ1) is 13.5. The first-order valence-corrected chi connectivity index (χ1v) is 6.78. The van der Waals surface area contributed by atoms with Crippen LogP contribution in [0.2, 0.25) is 0 Å². The first-order chi connectivity index (χ1) is 10.2. The van der Waals surface area contributed by atoms with Gasteiger partial charge in [-0.25, -0.2) is 4.39 Å². The molecule has 2 aromatic rings. The van der Waals surface area contributed by atoms with Crippen LogP contribution >= 0.6 is 0 Å². The van der Waals surface area contributed by atoms with Crippen molar-refractivity contribution in [3.05, 3.63) is 58.9 Å². The van der Waals surface area contributed by atoms with Crippen LogP contribution in [0.4, 0.5) is 4.39 Å². The summed E-state index contributed by atoms with van der Waals surface area (Å²) in [7, 11) is 0. The van der Waals surface area contributed by atoms with E-state index in [1.54, 1.807) is 17.0 Å². The second kappa shape index (κ2) is 5.48. The number of nitrogens with zero attached hydrogens (tertiary/aromatic N) is 1. The van der Waals surface area contributed by atoms with E-state index in [-0.39, 0.29) is 5.56 Å². The Kier molecular flexibility index (Phi) is 3.52. The number of halogens is 1. The van der Waals surface area contributed by atoms with E-state index in [2.05, 4.69) is 0 Å². The van der Waals surface area contributed by atoms with Gasteiger partial charge in [0.1, 0.15) is 5.82 Å². The minimum absolute atomic E-state index is 0.0670. The molecule has 1 aliphatic rings. The molecular weight excluding hydrogens is 269 g/mol. The molecule has 0 fully saturated rings. The molecule has 0 aliphatic carbocycles. The third-order valence-corrected chi connectivity index (χ3v) is 3.86. The van der Waals surface area contributed by atoms with E-state index in [0.717, 1.165) is 29.5 Å². The fourth-order valence-corrected chi connectivity index (χ4v) is 2.70. The number of aldehydes is 1. The van der Waals surface area contributed by atoms with Crippen molar-refractivity contribution in [3.8, 4) is 11.1 Å². The smallest absolute Gasteiger partial charge is 0.210 e. The van der Waals surface area contributed by atoms with E-state index in [0.29, 0.717) is 24.9 Å². The van der Waals surface area contributed by atoms with Crippen LogP contribution < -0.4 is 0 Å². The van der Waals surface area contributed by atoms with Crippen LogP contribution in [0.3, 0.4) is 0 Å². The highest BCUT2D eigenvalue weighted by Gasteiger charge is 2.16. The van der Waals surface area contributed by atoms with Gasteiger partial charge in [0.2, 0.25) is 6.41 Å². The van der Waals surface area contributed by atoms with E-state index in [9.17, 15) is 14.0 Å². The quantitative estimate of drug-likeness (QED) is 0.812. The predicted molar refractivity (Wildman–Crippen MR) is 77.4 cm³/mol. The molecule has 0 atom stereocenters. The highest BCUT2D eigenvalue weighted by Crippen LogP contribution is 2.28. The Labute approximate surface area is 122 Å². The molecule has 106 valence electrons. The highest BCUT2D eigenvalue weighted by molar-refractivity contribution is 5.80. The normalized spacial score (nSPS) is 13.7. The number of amides is 1. The summed E-state index contributed by atoms with van der Waals surface area (Å²) < 4.78 is 14.2. The molecular formula is C17H14FNO2. The maximum absolute atomic E-state index is 14.2. The molecule has 4 heteroatoms. The predicted octanol–water partition coefficient (Wildman–Crippen LogP) is 2.82. The highest BCUT2D eigenvalue weighted by atomic mass is 19.1. The van der Waals surface area contributed by atoms with Crippen molar-refractivity contribution in [2.75, 3.05) is 6.54 Å². The van der Waals surface area contributed by atoms with Gasteiger partial charge in [0.25, 0.3) is 0 Å². The monoisotopic (exact) mass is 283 g/mol. The minimum Gasteiger partial charge on any atom is -0.341 e. The summed E-state index contributed by atoms with van der Waals surface area (Å²) in [5, 5.41) is 0. The van der Waals surface area contributed by atoms with Gasteiger partial charge in [0.05, 0.1) is 5.56 Å². The summed E-state index contributed by atoms with van der Waals surface area (Å²) in [5.74, 6) is -0.488. The molecule has 3 rings (SSSR count). The molecule has 0 aromatic heterocycles. The largest absolute Gasteiger partial charge is 0.341 e. The van der Waals surface area contributed by atoms with E-state index in [4.69, 9.17) is 0 Å². The van der Waals surface area contributed by atoms with Crippen molar-refractivity contribution in [2.45, 2.75) is 13.0 Å². The van der Waals surface area contributed by atoms with Crippen molar-refractivity contribution >= 4 is 12.7 Å². The standard InChI is InChI=1S/C17H14FNO2/c18-17-15(10-20)2-1-3-16(17)13-4-5-14-9-19(11-21)7-6-12(14)8-13/h1-5,8,10-11H,6-7,9H2. The van der Waals surface area contributed by atoms with Crippen LogP contribution in [0.25, 0.3) is 11.1 Å². The van der Waals surface area contributed by atoms with Crippen LogP contribution in [-0.2, 0) is 17.8 Å². The van der Waals surface area contributed by atoms with Crippen LogP contribution in [0, 0.1) is 5.82 Å². The SMILES string of the molecule is O=Cc1cccc(-c2ccc3c(c2)CCN(C=O)C3)c1F. The fraction of sp³-hybridized carbons (Fsp3) is 0.176. The van der Waals surface area contributed by atoms with Crippen LogP contribution in [0.5, 0.6) is 0 Å². The van der Waals surface area contributed by atoms with Crippen LogP contribution in [-0.4, -0.2) is 24.1 Å². The van der Waals surface area contributed by atoms with Gasteiger partial charge in [-0.15, -0.1) is 0 Å². The van der Waals surface area contributed by atoms with Gasteiger partial charge in [-0.2, -0.15) is 0 Å². The van der Waals surface area contributed by atoms with Gasteiger partial charge in [-0.05, 0) is 29.2 Å². The maximum Gasteiger partial charge on any atom is 0.210 e. The lowest BCUT2D eigenvalue weighted by Crippen LogP contribution is -2.29. The zero-order valence-electron chi connectivity index (χ0n) is 11.4. The van der Waals surface area contributed by atoms with Crippen molar-refractivity contribution < 1.29 is 14.0 Å². The Morgan fingerprint density at radius 1 is 1.10 bits per heavy atom. The number of benzene rings is 2. The average molecular weight is 283 g/mol. The zero-order valence-corrected chi connectivity index (χ0v) is 11.4. The third kappa shape index (κ3) is 2.44. The van der Waals surface area contributed by atoms with E-state index in [1.165, 1.54) is 6.07 Å². The Balaban J connectivity index is 2.02. The molecule has 1 aliphatic heterocycles. The van der Waals surface area contributed by atoms with Crippen molar-refractivity contribution in [3.63, 3.8) is 0 Å². The maximum atomic E-state index is 14.2. The molecule has 0 saturated heterocycles.